The molecule has 0 spiro atoms. The second-order valence-corrected chi connectivity index (χ2v) is 9.40. The van der Waals surface area contributed by atoms with Crippen molar-refractivity contribution >= 4 is 48.9 Å². The molecule has 1 rings (SSSR count). The second-order valence-electron chi connectivity index (χ2n) is 4.68. The Labute approximate surface area is 126 Å². The molecule has 0 fully saturated rings. The van der Waals surface area contributed by atoms with Gasteiger partial charge in [0.1, 0.15) is 4.21 Å². The predicted octanol–water partition coefficient (Wildman–Crippen LogP) is 4.27. The van der Waals surface area contributed by atoms with Gasteiger partial charge < -0.3 is 0 Å². The fourth-order valence-corrected chi connectivity index (χ4v) is 5.12. The molecule has 18 heavy (non-hydrogen) atoms. The van der Waals surface area contributed by atoms with E-state index >= 15 is 0 Å². The summed E-state index contributed by atoms with van der Waals surface area (Å²) in [7, 11) is -3.46. The maximum absolute atomic E-state index is 12.1. The Hall–Kier alpha value is 0.380. The molecule has 0 radical (unpaired) electrons. The topological polar surface area (TPSA) is 46.2 Å². The van der Waals surface area contributed by atoms with Crippen molar-refractivity contribution in [2.75, 3.05) is 0 Å². The highest BCUT2D eigenvalue weighted by atomic mass is 79.9. The summed E-state index contributed by atoms with van der Waals surface area (Å²) >= 11 is 10.2. The van der Waals surface area contributed by atoms with Crippen molar-refractivity contribution in [1.29, 1.82) is 0 Å². The van der Waals surface area contributed by atoms with Crippen LogP contribution < -0.4 is 4.72 Å². The molecule has 0 amide bonds. The second kappa shape index (κ2) is 6.70. The van der Waals surface area contributed by atoms with Gasteiger partial charge in [0, 0.05) is 6.04 Å². The molecular weight excluding hydrogens is 358 g/mol. The molecule has 7 heteroatoms. The van der Waals surface area contributed by atoms with Gasteiger partial charge in [0.2, 0.25) is 10.0 Å². The Morgan fingerprint density at radius 1 is 1.39 bits per heavy atom. The maximum atomic E-state index is 12.1. The van der Waals surface area contributed by atoms with E-state index in [1.165, 1.54) is 6.07 Å². The van der Waals surface area contributed by atoms with Crippen molar-refractivity contribution in [2.45, 2.75) is 43.9 Å². The smallest absolute Gasteiger partial charge is 0.208 e. The van der Waals surface area contributed by atoms with Crippen LogP contribution in [0.2, 0.25) is 5.02 Å². The standard InChI is InChI=1S/C11H17BrClNO2S2/c1-7(2)4-5-8(3)14-18(15,16)10-6-9(13)11(12)17-10/h6-8,14H,4-5H2,1-3H3. The van der Waals surface area contributed by atoms with Gasteiger partial charge in [-0.2, -0.15) is 0 Å². The number of nitrogens with one attached hydrogen (secondary N) is 1. The number of sulfonamides is 1. The molecule has 1 heterocycles. The first-order valence-electron chi connectivity index (χ1n) is 5.69. The molecule has 1 aromatic rings. The van der Waals surface area contributed by atoms with Crippen LogP contribution in [0.3, 0.4) is 0 Å². The highest BCUT2D eigenvalue weighted by Gasteiger charge is 2.21. The molecule has 1 aromatic heterocycles. The summed E-state index contributed by atoms with van der Waals surface area (Å²) < 4.78 is 27.7. The summed E-state index contributed by atoms with van der Waals surface area (Å²) in [5.74, 6) is 0.572. The normalized spacial score (nSPS) is 14.1. The minimum absolute atomic E-state index is 0.0722. The average molecular weight is 375 g/mol. The van der Waals surface area contributed by atoms with Crippen LogP contribution in [0.25, 0.3) is 0 Å². The third-order valence-electron chi connectivity index (χ3n) is 2.42. The molecular formula is C11H17BrClNO2S2. The first-order valence-corrected chi connectivity index (χ1v) is 9.16. The van der Waals surface area contributed by atoms with Crippen molar-refractivity contribution in [3.05, 3.63) is 14.9 Å². The fraction of sp³-hybridized carbons (Fsp3) is 0.636. The van der Waals surface area contributed by atoms with E-state index in [0.717, 1.165) is 24.2 Å². The molecule has 0 bridgehead atoms. The van der Waals surface area contributed by atoms with Crippen LogP contribution in [0, 0.1) is 5.92 Å². The third kappa shape index (κ3) is 4.81. The van der Waals surface area contributed by atoms with Gasteiger partial charge in [0.25, 0.3) is 0 Å². The summed E-state index contributed by atoms with van der Waals surface area (Å²) in [6.07, 6.45) is 1.83. The van der Waals surface area contributed by atoms with Crippen molar-refractivity contribution in [3.8, 4) is 0 Å². The Morgan fingerprint density at radius 3 is 2.44 bits per heavy atom. The Balaban J connectivity index is 2.70. The summed E-state index contributed by atoms with van der Waals surface area (Å²) in [5.41, 5.74) is 0. The summed E-state index contributed by atoms with van der Waals surface area (Å²) in [6, 6.07) is 1.39. The molecule has 0 aliphatic carbocycles. The molecule has 0 aliphatic rings. The molecule has 0 saturated carbocycles. The van der Waals surface area contributed by atoms with E-state index in [2.05, 4.69) is 34.5 Å². The molecule has 1 unspecified atom stereocenters. The summed E-state index contributed by atoms with van der Waals surface area (Å²) in [5, 5.41) is 0.426. The van der Waals surface area contributed by atoms with Crippen LogP contribution in [0.1, 0.15) is 33.6 Å². The SMILES string of the molecule is CC(C)CCC(C)NS(=O)(=O)c1cc(Cl)c(Br)s1. The third-order valence-corrected chi connectivity index (χ3v) is 6.96. The summed E-state index contributed by atoms with van der Waals surface area (Å²) in [4.78, 5) is 0. The lowest BCUT2D eigenvalue weighted by Gasteiger charge is -2.14. The van der Waals surface area contributed by atoms with Crippen LogP contribution in [0.5, 0.6) is 0 Å². The fourth-order valence-electron chi connectivity index (χ4n) is 1.42. The highest BCUT2D eigenvalue weighted by molar-refractivity contribution is 9.11. The average Bonchev–Trinajstić information content (AvgIpc) is 2.56. The number of hydrogen-bond acceptors (Lipinski definition) is 3. The van der Waals surface area contributed by atoms with E-state index in [0.29, 0.717) is 14.7 Å². The minimum Gasteiger partial charge on any atom is -0.208 e. The number of halogens is 2. The number of rotatable bonds is 6. The Morgan fingerprint density at radius 2 is 2.00 bits per heavy atom. The van der Waals surface area contributed by atoms with Crippen molar-refractivity contribution < 1.29 is 8.42 Å². The molecule has 104 valence electrons. The first kappa shape index (κ1) is 16.4. The van der Waals surface area contributed by atoms with Gasteiger partial charge in [-0.05, 0) is 47.7 Å². The van der Waals surface area contributed by atoms with Gasteiger partial charge >= 0.3 is 0 Å². The maximum Gasteiger partial charge on any atom is 0.250 e. The van der Waals surface area contributed by atoms with E-state index < -0.39 is 10.0 Å². The van der Waals surface area contributed by atoms with Gasteiger partial charge in [0.05, 0.1) is 8.81 Å². The Kier molecular flexibility index (Phi) is 6.12. The predicted molar refractivity (Wildman–Crippen MR) is 80.9 cm³/mol. The summed E-state index contributed by atoms with van der Waals surface area (Å²) in [6.45, 7) is 6.12. The molecule has 0 aromatic carbocycles. The zero-order valence-corrected chi connectivity index (χ0v) is 14.5. The van der Waals surface area contributed by atoms with E-state index in [4.69, 9.17) is 11.6 Å². The van der Waals surface area contributed by atoms with Gasteiger partial charge in [0.15, 0.2) is 0 Å². The number of thiophene rings is 1. The van der Waals surface area contributed by atoms with Crippen molar-refractivity contribution in [2.24, 2.45) is 5.92 Å². The van der Waals surface area contributed by atoms with Gasteiger partial charge in [-0.25, -0.2) is 13.1 Å². The highest BCUT2D eigenvalue weighted by Crippen LogP contribution is 2.34. The first-order chi connectivity index (χ1) is 8.22. The van der Waals surface area contributed by atoms with Gasteiger partial charge in [-0.1, -0.05) is 25.4 Å². The van der Waals surface area contributed by atoms with E-state index in [1.807, 2.05) is 6.92 Å². The van der Waals surface area contributed by atoms with E-state index in [9.17, 15) is 8.42 Å². The van der Waals surface area contributed by atoms with Gasteiger partial charge in [-0.3, -0.25) is 0 Å². The van der Waals surface area contributed by atoms with E-state index in [1.54, 1.807) is 0 Å². The molecule has 1 N–H and O–H groups in total. The van der Waals surface area contributed by atoms with Crippen molar-refractivity contribution in [3.63, 3.8) is 0 Å². The molecule has 0 aliphatic heterocycles. The van der Waals surface area contributed by atoms with E-state index in [-0.39, 0.29) is 10.3 Å². The van der Waals surface area contributed by atoms with Crippen LogP contribution in [-0.2, 0) is 10.0 Å². The molecule has 3 nitrogen and oxygen atoms in total. The lowest BCUT2D eigenvalue weighted by Crippen LogP contribution is -2.32. The largest absolute Gasteiger partial charge is 0.250 e. The zero-order chi connectivity index (χ0) is 13.9. The lowest BCUT2D eigenvalue weighted by atomic mass is 10.1. The van der Waals surface area contributed by atoms with Crippen LogP contribution >= 0.6 is 38.9 Å². The molecule has 0 saturated heterocycles. The Bertz CT molecular complexity index is 480. The monoisotopic (exact) mass is 373 g/mol. The lowest BCUT2D eigenvalue weighted by molar-refractivity contribution is 0.486. The molecule has 1 atom stereocenters. The zero-order valence-electron chi connectivity index (χ0n) is 10.5. The quantitative estimate of drug-likeness (QED) is 0.808. The van der Waals surface area contributed by atoms with Gasteiger partial charge in [-0.15, -0.1) is 11.3 Å². The number of hydrogen-bond donors (Lipinski definition) is 1. The van der Waals surface area contributed by atoms with Crippen LogP contribution in [-0.4, -0.2) is 14.5 Å². The van der Waals surface area contributed by atoms with Crippen molar-refractivity contribution in [1.82, 2.24) is 4.72 Å². The minimum atomic E-state index is -3.46. The van der Waals surface area contributed by atoms with Crippen LogP contribution in [0.15, 0.2) is 14.1 Å². The van der Waals surface area contributed by atoms with Crippen LogP contribution in [0.4, 0.5) is 0 Å².